The molecule has 1 aliphatic carbocycles. The maximum absolute atomic E-state index is 11.4. The Bertz CT molecular complexity index is 377. The lowest BCUT2D eigenvalue weighted by atomic mass is 10.2. The SMILES string of the molecule is O=C(CNCC1CC1)NCCOCc1ccccc1. The lowest BCUT2D eigenvalue weighted by Gasteiger charge is -2.07. The minimum atomic E-state index is 0.0453. The maximum Gasteiger partial charge on any atom is 0.234 e. The van der Waals surface area contributed by atoms with E-state index in [0.29, 0.717) is 26.3 Å². The van der Waals surface area contributed by atoms with Gasteiger partial charge in [-0.1, -0.05) is 30.3 Å². The van der Waals surface area contributed by atoms with Crippen molar-refractivity contribution in [3.8, 4) is 0 Å². The lowest BCUT2D eigenvalue weighted by molar-refractivity contribution is -0.120. The highest BCUT2D eigenvalue weighted by molar-refractivity contribution is 5.77. The predicted molar refractivity (Wildman–Crippen MR) is 74.7 cm³/mol. The quantitative estimate of drug-likeness (QED) is 0.660. The summed E-state index contributed by atoms with van der Waals surface area (Å²) in [5, 5.41) is 6.00. The van der Waals surface area contributed by atoms with E-state index in [-0.39, 0.29) is 5.91 Å². The van der Waals surface area contributed by atoms with Crippen LogP contribution in [0.5, 0.6) is 0 Å². The zero-order valence-corrected chi connectivity index (χ0v) is 11.2. The van der Waals surface area contributed by atoms with Gasteiger partial charge in [0.25, 0.3) is 0 Å². The number of benzene rings is 1. The molecule has 0 spiro atoms. The molecular formula is C15H22N2O2. The first-order valence-corrected chi connectivity index (χ1v) is 6.93. The van der Waals surface area contributed by atoms with Crippen LogP contribution in [0.2, 0.25) is 0 Å². The van der Waals surface area contributed by atoms with Crippen LogP contribution >= 0.6 is 0 Å². The van der Waals surface area contributed by atoms with E-state index in [2.05, 4.69) is 10.6 Å². The fraction of sp³-hybridized carbons (Fsp3) is 0.533. The fourth-order valence-corrected chi connectivity index (χ4v) is 1.80. The molecule has 1 aromatic carbocycles. The summed E-state index contributed by atoms with van der Waals surface area (Å²) in [7, 11) is 0. The Hall–Kier alpha value is -1.39. The molecular weight excluding hydrogens is 240 g/mol. The first kappa shape index (κ1) is 14.0. The van der Waals surface area contributed by atoms with Crippen molar-refractivity contribution < 1.29 is 9.53 Å². The van der Waals surface area contributed by atoms with E-state index < -0.39 is 0 Å². The highest BCUT2D eigenvalue weighted by Crippen LogP contribution is 2.27. The number of hydrogen-bond acceptors (Lipinski definition) is 3. The van der Waals surface area contributed by atoms with E-state index in [1.54, 1.807) is 0 Å². The number of carbonyl (C=O) groups is 1. The number of hydrogen-bond donors (Lipinski definition) is 2. The van der Waals surface area contributed by atoms with E-state index in [1.807, 2.05) is 30.3 Å². The van der Waals surface area contributed by atoms with Crippen molar-refractivity contribution in [2.75, 3.05) is 26.2 Å². The minimum Gasteiger partial charge on any atom is -0.375 e. The molecule has 0 saturated heterocycles. The molecule has 0 aliphatic heterocycles. The third-order valence-electron chi connectivity index (χ3n) is 3.10. The predicted octanol–water partition coefficient (Wildman–Crippen LogP) is 1.32. The second-order valence-electron chi connectivity index (χ2n) is 4.96. The Morgan fingerprint density at radius 3 is 2.79 bits per heavy atom. The van der Waals surface area contributed by atoms with Crippen LogP contribution in [0, 0.1) is 5.92 Å². The molecule has 1 amide bonds. The summed E-state index contributed by atoms with van der Waals surface area (Å²) >= 11 is 0. The minimum absolute atomic E-state index is 0.0453. The number of carbonyl (C=O) groups excluding carboxylic acids is 1. The summed E-state index contributed by atoms with van der Waals surface area (Å²) in [5.41, 5.74) is 1.15. The normalized spacial score (nSPS) is 14.3. The first-order chi connectivity index (χ1) is 9.34. The number of amides is 1. The van der Waals surface area contributed by atoms with Crippen LogP contribution in [-0.4, -0.2) is 32.1 Å². The van der Waals surface area contributed by atoms with Crippen LogP contribution in [0.3, 0.4) is 0 Å². The van der Waals surface area contributed by atoms with Crippen molar-refractivity contribution in [2.45, 2.75) is 19.4 Å². The van der Waals surface area contributed by atoms with Gasteiger partial charge in [-0.15, -0.1) is 0 Å². The standard InChI is InChI=1S/C15H22N2O2/c18-15(11-16-10-13-6-7-13)17-8-9-19-12-14-4-2-1-3-5-14/h1-5,13,16H,6-12H2,(H,17,18). The van der Waals surface area contributed by atoms with Crippen LogP contribution in [0.25, 0.3) is 0 Å². The average Bonchev–Trinajstić information content (AvgIpc) is 3.24. The van der Waals surface area contributed by atoms with Gasteiger partial charge >= 0.3 is 0 Å². The smallest absolute Gasteiger partial charge is 0.234 e. The summed E-state index contributed by atoms with van der Waals surface area (Å²) in [6, 6.07) is 10.0. The molecule has 1 aliphatic rings. The van der Waals surface area contributed by atoms with E-state index in [9.17, 15) is 4.79 Å². The van der Waals surface area contributed by atoms with Crippen LogP contribution in [0.4, 0.5) is 0 Å². The van der Waals surface area contributed by atoms with E-state index in [4.69, 9.17) is 4.74 Å². The van der Waals surface area contributed by atoms with E-state index >= 15 is 0 Å². The Morgan fingerprint density at radius 1 is 1.26 bits per heavy atom. The van der Waals surface area contributed by atoms with Crippen molar-refractivity contribution in [2.24, 2.45) is 5.92 Å². The summed E-state index contributed by atoms with van der Waals surface area (Å²) in [5.74, 6) is 0.853. The molecule has 1 fully saturated rings. The van der Waals surface area contributed by atoms with Gasteiger partial charge in [-0.2, -0.15) is 0 Å². The van der Waals surface area contributed by atoms with Gasteiger partial charge in [0, 0.05) is 6.54 Å². The maximum atomic E-state index is 11.4. The number of ether oxygens (including phenoxy) is 1. The van der Waals surface area contributed by atoms with Crippen molar-refractivity contribution in [1.82, 2.24) is 10.6 Å². The van der Waals surface area contributed by atoms with Crippen molar-refractivity contribution >= 4 is 5.91 Å². The zero-order chi connectivity index (χ0) is 13.3. The lowest BCUT2D eigenvalue weighted by Crippen LogP contribution is -2.36. The monoisotopic (exact) mass is 262 g/mol. The van der Waals surface area contributed by atoms with Crippen LogP contribution < -0.4 is 10.6 Å². The van der Waals surface area contributed by atoms with Gasteiger partial charge in [0.1, 0.15) is 0 Å². The number of nitrogens with one attached hydrogen (secondary N) is 2. The largest absolute Gasteiger partial charge is 0.375 e. The molecule has 4 nitrogen and oxygen atoms in total. The van der Waals surface area contributed by atoms with E-state index in [0.717, 1.165) is 18.0 Å². The highest BCUT2D eigenvalue weighted by atomic mass is 16.5. The van der Waals surface area contributed by atoms with Crippen molar-refractivity contribution in [1.29, 1.82) is 0 Å². The van der Waals surface area contributed by atoms with Crippen molar-refractivity contribution in [3.63, 3.8) is 0 Å². The summed E-state index contributed by atoms with van der Waals surface area (Å²) in [6.45, 7) is 3.09. The van der Waals surface area contributed by atoms with Crippen LogP contribution in [0.1, 0.15) is 18.4 Å². The Kier molecular flexibility index (Phi) is 5.85. The topological polar surface area (TPSA) is 50.4 Å². The molecule has 0 heterocycles. The Balaban J connectivity index is 1.43. The van der Waals surface area contributed by atoms with Crippen LogP contribution in [0.15, 0.2) is 30.3 Å². The second-order valence-corrected chi connectivity index (χ2v) is 4.96. The molecule has 0 aromatic heterocycles. The van der Waals surface area contributed by atoms with Crippen LogP contribution in [-0.2, 0) is 16.1 Å². The molecule has 19 heavy (non-hydrogen) atoms. The molecule has 2 rings (SSSR count). The second kappa shape index (κ2) is 7.92. The summed E-state index contributed by atoms with van der Waals surface area (Å²) in [4.78, 5) is 11.4. The van der Waals surface area contributed by atoms with Gasteiger partial charge in [0.05, 0.1) is 19.8 Å². The first-order valence-electron chi connectivity index (χ1n) is 6.93. The third kappa shape index (κ3) is 6.36. The van der Waals surface area contributed by atoms with Crippen molar-refractivity contribution in [3.05, 3.63) is 35.9 Å². The van der Waals surface area contributed by atoms with Gasteiger partial charge in [-0.3, -0.25) is 4.79 Å². The van der Waals surface area contributed by atoms with E-state index in [1.165, 1.54) is 12.8 Å². The fourth-order valence-electron chi connectivity index (χ4n) is 1.80. The molecule has 0 bridgehead atoms. The molecule has 2 N–H and O–H groups in total. The summed E-state index contributed by atoms with van der Waals surface area (Å²) in [6.07, 6.45) is 2.61. The zero-order valence-electron chi connectivity index (χ0n) is 11.2. The van der Waals surface area contributed by atoms with Gasteiger partial charge in [-0.25, -0.2) is 0 Å². The molecule has 0 radical (unpaired) electrons. The molecule has 104 valence electrons. The summed E-state index contributed by atoms with van der Waals surface area (Å²) < 4.78 is 5.49. The van der Waals surface area contributed by atoms with Gasteiger partial charge in [0.2, 0.25) is 5.91 Å². The molecule has 1 aromatic rings. The molecule has 4 heteroatoms. The molecule has 0 atom stereocenters. The van der Waals surface area contributed by atoms with Gasteiger partial charge in [0.15, 0.2) is 0 Å². The van der Waals surface area contributed by atoms with Gasteiger partial charge < -0.3 is 15.4 Å². The highest BCUT2D eigenvalue weighted by Gasteiger charge is 2.20. The molecule has 0 unspecified atom stereocenters. The Morgan fingerprint density at radius 2 is 2.05 bits per heavy atom. The number of rotatable bonds is 9. The third-order valence-corrected chi connectivity index (χ3v) is 3.10. The van der Waals surface area contributed by atoms with Gasteiger partial charge in [-0.05, 0) is 30.9 Å². The Labute approximate surface area is 114 Å². The molecule has 1 saturated carbocycles. The average molecular weight is 262 g/mol.